The number of benzene rings is 1. The van der Waals surface area contributed by atoms with Gasteiger partial charge >= 0.3 is 0 Å². The Kier molecular flexibility index (Phi) is 4.84. The van der Waals surface area contributed by atoms with Gasteiger partial charge in [-0.1, -0.05) is 53.2 Å². The van der Waals surface area contributed by atoms with E-state index >= 15 is 0 Å². The number of hydrogen-bond acceptors (Lipinski definition) is 1. The van der Waals surface area contributed by atoms with Crippen LogP contribution in [0.1, 0.15) is 64.5 Å². The summed E-state index contributed by atoms with van der Waals surface area (Å²) in [5, 5.41) is 9.65. The van der Waals surface area contributed by atoms with E-state index in [0.717, 1.165) is 5.56 Å². The van der Waals surface area contributed by atoms with Crippen molar-refractivity contribution in [3.05, 3.63) is 29.3 Å². The Hall–Kier alpha value is -0.980. The van der Waals surface area contributed by atoms with Crippen LogP contribution in [0, 0.1) is 18.3 Å². The lowest BCUT2D eigenvalue weighted by atomic mass is 9.75. The third kappa shape index (κ3) is 4.04. The largest absolute Gasteiger partial charge is 0.508 e. The zero-order valence-corrected chi connectivity index (χ0v) is 12.7. The summed E-state index contributed by atoms with van der Waals surface area (Å²) in [7, 11) is 0. The fourth-order valence-corrected chi connectivity index (χ4v) is 2.50. The van der Waals surface area contributed by atoms with Crippen LogP contribution in [0.4, 0.5) is 0 Å². The van der Waals surface area contributed by atoms with E-state index in [-0.39, 0.29) is 0 Å². The van der Waals surface area contributed by atoms with Crippen molar-refractivity contribution < 1.29 is 5.11 Å². The van der Waals surface area contributed by atoms with E-state index in [1.165, 1.54) is 18.4 Å². The second kappa shape index (κ2) is 5.77. The Balaban J connectivity index is 3.05. The molecular formula is C17H28O. The van der Waals surface area contributed by atoms with E-state index in [0.29, 0.717) is 23.0 Å². The molecule has 0 heterocycles. The van der Waals surface area contributed by atoms with Crippen molar-refractivity contribution >= 4 is 0 Å². The molecule has 102 valence electrons. The Morgan fingerprint density at radius 2 is 1.83 bits per heavy atom. The van der Waals surface area contributed by atoms with E-state index < -0.39 is 0 Å². The van der Waals surface area contributed by atoms with Gasteiger partial charge in [0.1, 0.15) is 5.75 Å². The van der Waals surface area contributed by atoms with Gasteiger partial charge in [-0.3, -0.25) is 0 Å². The van der Waals surface area contributed by atoms with Crippen LogP contribution < -0.4 is 0 Å². The third-order valence-electron chi connectivity index (χ3n) is 3.81. The Bertz CT molecular complexity index is 387. The van der Waals surface area contributed by atoms with Gasteiger partial charge in [-0.2, -0.15) is 0 Å². The van der Waals surface area contributed by atoms with Crippen molar-refractivity contribution in [3.63, 3.8) is 0 Å². The van der Waals surface area contributed by atoms with Crippen molar-refractivity contribution in [3.8, 4) is 5.75 Å². The average Bonchev–Trinajstić information content (AvgIpc) is 2.27. The van der Waals surface area contributed by atoms with Gasteiger partial charge in [0, 0.05) is 0 Å². The number of phenolic OH excluding ortho intramolecular Hbond substituents is 1. The van der Waals surface area contributed by atoms with Crippen LogP contribution in [0.25, 0.3) is 0 Å². The van der Waals surface area contributed by atoms with Gasteiger partial charge in [0.25, 0.3) is 0 Å². The minimum atomic E-state index is 0.333. The fourth-order valence-electron chi connectivity index (χ4n) is 2.50. The predicted octanol–water partition coefficient (Wildman–Crippen LogP) is 5.27. The fraction of sp³-hybridized carbons (Fsp3) is 0.647. The molecule has 0 saturated carbocycles. The maximum absolute atomic E-state index is 9.65. The number of rotatable bonds is 4. The molecular weight excluding hydrogens is 220 g/mol. The molecule has 0 bridgehead atoms. The summed E-state index contributed by atoms with van der Waals surface area (Å²) in [6.07, 6.45) is 2.38. The molecule has 1 nitrogen and oxygen atoms in total. The van der Waals surface area contributed by atoms with Crippen LogP contribution in [-0.4, -0.2) is 5.11 Å². The van der Waals surface area contributed by atoms with Crippen LogP contribution in [0.3, 0.4) is 0 Å². The van der Waals surface area contributed by atoms with Crippen LogP contribution in [-0.2, 0) is 0 Å². The average molecular weight is 248 g/mol. The van der Waals surface area contributed by atoms with Crippen LogP contribution in [0.15, 0.2) is 18.2 Å². The Morgan fingerprint density at radius 3 is 2.28 bits per heavy atom. The normalized spacial score (nSPS) is 15.4. The Morgan fingerprint density at radius 1 is 1.22 bits per heavy atom. The molecule has 0 aliphatic carbocycles. The van der Waals surface area contributed by atoms with Crippen molar-refractivity contribution in [1.29, 1.82) is 0 Å². The number of phenols is 1. The molecule has 0 aliphatic rings. The molecule has 0 spiro atoms. The SMILES string of the molecule is CCC(C)C(CC(C)(C)C)c1ccc(O)c(C)c1. The maximum atomic E-state index is 9.65. The van der Waals surface area contributed by atoms with Gasteiger partial charge in [-0.15, -0.1) is 0 Å². The molecule has 1 heteroatoms. The molecule has 1 aromatic carbocycles. The first kappa shape index (κ1) is 15.1. The van der Waals surface area contributed by atoms with Gasteiger partial charge in [-0.05, 0) is 47.8 Å². The van der Waals surface area contributed by atoms with Crippen molar-refractivity contribution in [2.75, 3.05) is 0 Å². The van der Waals surface area contributed by atoms with E-state index in [1.807, 2.05) is 13.0 Å². The first-order chi connectivity index (χ1) is 8.24. The highest BCUT2D eigenvalue weighted by Crippen LogP contribution is 2.38. The minimum absolute atomic E-state index is 0.333. The highest BCUT2D eigenvalue weighted by Gasteiger charge is 2.24. The summed E-state index contributed by atoms with van der Waals surface area (Å²) in [4.78, 5) is 0. The monoisotopic (exact) mass is 248 g/mol. The standard InChI is InChI=1S/C17H28O/c1-7-12(2)15(11-17(4,5)6)14-8-9-16(18)13(3)10-14/h8-10,12,15,18H,7,11H2,1-6H3. The first-order valence-corrected chi connectivity index (χ1v) is 7.04. The zero-order chi connectivity index (χ0) is 13.9. The summed E-state index contributed by atoms with van der Waals surface area (Å²) >= 11 is 0. The maximum Gasteiger partial charge on any atom is 0.118 e. The molecule has 0 aromatic heterocycles. The highest BCUT2D eigenvalue weighted by molar-refractivity contribution is 5.36. The number of aryl methyl sites for hydroxylation is 1. The van der Waals surface area contributed by atoms with Crippen molar-refractivity contribution in [2.24, 2.45) is 11.3 Å². The lowest BCUT2D eigenvalue weighted by molar-refractivity contribution is 0.288. The molecule has 0 saturated heterocycles. The van der Waals surface area contributed by atoms with Gasteiger partial charge < -0.3 is 5.11 Å². The molecule has 1 N–H and O–H groups in total. The van der Waals surface area contributed by atoms with Gasteiger partial charge in [0.15, 0.2) is 0 Å². The predicted molar refractivity (Wildman–Crippen MR) is 79.1 cm³/mol. The summed E-state index contributed by atoms with van der Waals surface area (Å²) in [5.41, 5.74) is 2.68. The van der Waals surface area contributed by atoms with Gasteiger partial charge in [0.2, 0.25) is 0 Å². The van der Waals surface area contributed by atoms with E-state index in [9.17, 15) is 5.11 Å². The summed E-state index contributed by atoms with van der Waals surface area (Å²) < 4.78 is 0. The molecule has 0 aliphatic heterocycles. The van der Waals surface area contributed by atoms with E-state index in [1.54, 1.807) is 0 Å². The molecule has 0 amide bonds. The van der Waals surface area contributed by atoms with Crippen LogP contribution in [0.2, 0.25) is 0 Å². The minimum Gasteiger partial charge on any atom is -0.508 e. The molecule has 2 atom stereocenters. The molecule has 0 fully saturated rings. The van der Waals surface area contributed by atoms with Gasteiger partial charge in [0.05, 0.1) is 0 Å². The number of hydrogen-bond donors (Lipinski definition) is 1. The second-order valence-electron chi connectivity index (χ2n) is 6.80. The Labute approximate surface area is 112 Å². The summed E-state index contributed by atoms with van der Waals surface area (Å²) in [6, 6.07) is 6.07. The van der Waals surface area contributed by atoms with Crippen molar-refractivity contribution in [2.45, 2.75) is 60.3 Å². The quantitative estimate of drug-likeness (QED) is 0.770. The summed E-state index contributed by atoms with van der Waals surface area (Å²) in [6.45, 7) is 13.5. The lowest BCUT2D eigenvalue weighted by Crippen LogP contribution is -2.17. The van der Waals surface area contributed by atoms with Crippen molar-refractivity contribution in [1.82, 2.24) is 0 Å². The first-order valence-electron chi connectivity index (χ1n) is 7.04. The van der Waals surface area contributed by atoms with Crippen LogP contribution >= 0.6 is 0 Å². The van der Waals surface area contributed by atoms with Crippen LogP contribution in [0.5, 0.6) is 5.75 Å². The molecule has 1 rings (SSSR count). The topological polar surface area (TPSA) is 20.2 Å². The molecule has 1 aromatic rings. The zero-order valence-electron chi connectivity index (χ0n) is 12.7. The third-order valence-corrected chi connectivity index (χ3v) is 3.81. The van der Waals surface area contributed by atoms with E-state index in [2.05, 4.69) is 46.8 Å². The summed E-state index contributed by atoms with van der Waals surface area (Å²) in [5.74, 6) is 1.65. The highest BCUT2D eigenvalue weighted by atomic mass is 16.3. The second-order valence-corrected chi connectivity index (χ2v) is 6.80. The van der Waals surface area contributed by atoms with E-state index in [4.69, 9.17) is 0 Å². The molecule has 18 heavy (non-hydrogen) atoms. The smallest absolute Gasteiger partial charge is 0.118 e. The lowest BCUT2D eigenvalue weighted by Gasteiger charge is -2.30. The number of aromatic hydroxyl groups is 1. The van der Waals surface area contributed by atoms with Gasteiger partial charge in [-0.25, -0.2) is 0 Å². The molecule has 2 unspecified atom stereocenters. The molecule has 0 radical (unpaired) electrons.